The Balaban J connectivity index is 1.20. The van der Waals surface area contributed by atoms with Crippen molar-refractivity contribution in [3.63, 3.8) is 0 Å². The van der Waals surface area contributed by atoms with Crippen LogP contribution in [-0.2, 0) is 4.74 Å². The summed E-state index contributed by atoms with van der Waals surface area (Å²) in [5, 5.41) is 14.7. The van der Waals surface area contributed by atoms with Gasteiger partial charge < -0.3 is 15.0 Å². The molecule has 1 aliphatic rings. The molecular weight excluding hydrogens is 473 g/mol. The van der Waals surface area contributed by atoms with Crippen molar-refractivity contribution in [3.05, 3.63) is 71.7 Å². The number of morpholine rings is 1. The van der Waals surface area contributed by atoms with Crippen LogP contribution in [0, 0.1) is 5.82 Å². The van der Waals surface area contributed by atoms with E-state index in [-0.39, 0.29) is 11.8 Å². The Labute approximate surface area is 205 Å². The quantitative estimate of drug-likeness (QED) is 0.260. The largest absolute Gasteiger partial charge is 0.378 e. The number of H-pyrrole nitrogens is 1. The molecule has 3 aromatic heterocycles. The molecule has 0 saturated carbocycles. The maximum atomic E-state index is 14.1. The maximum absolute atomic E-state index is 14.1. The van der Waals surface area contributed by atoms with Crippen LogP contribution in [-0.4, -0.2) is 57.7 Å². The minimum absolute atomic E-state index is 0.193. The van der Waals surface area contributed by atoms with Crippen LogP contribution in [0.1, 0.15) is 5.69 Å². The number of rotatable bonds is 7. The number of pyridine rings is 1. The summed E-state index contributed by atoms with van der Waals surface area (Å²) in [6.45, 7) is 2.21. The molecule has 5 rings (SSSR count). The van der Waals surface area contributed by atoms with Gasteiger partial charge in [-0.15, -0.1) is 0 Å². The zero-order chi connectivity index (χ0) is 24.0. The fraction of sp³-hybridized carbons (Fsp3) is 0.174. The molecule has 1 aliphatic heterocycles. The van der Waals surface area contributed by atoms with Crippen molar-refractivity contribution >= 4 is 41.0 Å². The first-order valence-electron chi connectivity index (χ1n) is 10.8. The molecule has 10 nitrogen and oxygen atoms in total. The lowest BCUT2D eigenvalue weighted by atomic mass is 10.1. The monoisotopic (exact) mass is 493 g/mol. The van der Waals surface area contributed by atoms with Crippen LogP contribution < -0.4 is 15.6 Å². The number of hydrogen-bond acceptors (Lipinski definition) is 9. The average Bonchev–Trinajstić information content (AvgIpc) is 3.41. The maximum Gasteiger partial charge on any atom is 0.245 e. The SMILES string of the molecule is Fc1cnc(N/N=C/c2ccc(Nc3ccc(-c4cn[nH]c4)c(Cl)c3)cn2)nc1N1CCOCC1. The normalized spacial score (nSPS) is 13.8. The van der Waals surface area contributed by atoms with Crippen molar-refractivity contribution in [2.24, 2.45) is 5.10 Å². The topological polar surface area (TPSA) is 116 Å². The highest BCUT2D eigenvalue weighted by Crippen LogP contribution is 2.30. The fourth-order valence-electron chi connectivity index (χ4n) is 3.51. The van der Waals surface area contributed by atoms with Gasteiger partial charge in [-0.1, -0.05) is 17.7 Å². The highest BCUT2D eigenvalue weighted by atomic mass is 35.5. The number of aromatic amines is 1. The molecule has 1 saturated heterocycles. The first-order valence-corrected chi connectivity index (χ1v) is 11.2. The van der Waals surface area contributed by atoms with E-state index in [4.69, 9.17) is 16.3 Å². The second-order valence-corrected chi connectivity index (χ2v) is 8.02. The number of nitrogens with one attached hydrogen (secondary N) is 3. The van der Waals surface area contributed by atoms with Crippen LogP contribution in [0.4, 0.5) is 27.5 Å². The summed E-state index contributed by atoms with van der Waals surface area (Å²) in [5.41, 5.74) is 6.78. The Morgan fingerprint density at radius 3 is 2.69 bits per heavy atom. The zero-order valence-electron chi connectivity index (χ0n) is 18.4. The van der Waals surface area contributed by atoms with Crippen molar-refractivity contribution in [2.75, 3.05) is 41.9 Å². The van der Waals surface area contributed by atoms with E-state index in [1.807, 2.05) is 29.2 Å². The van der Waals surface area contributed by atoms with Crippen LogP contribution in [0.3, 0.4) is 0 Å². The molecule has 0 aliphatic carbocycles. The Kier molecular flexibility index (Phi) is 6.77. The molecule has 0 bridgehead atoms. The van der Waals surface area contributed by atoms with E-state index >= 15 is 0 Å². The summed E-state index contributed by atoms with van der Waals surface area (Å²) in [6, 6.07) is 9.38. The van der Waals surface area contributed by atoms with Gasteiger partial charge in [-0.3, -0.25) is 10.1 Å². The minimum atomic E-state index is -0.483. The summed E-state index contributed by atoms with van der Waals surface area (Å²) in [5.74, 6) is -0.0609. The summed E-state index contributed by atoms with van der Waals surface area (Å²) >= 11 is 6.42. The van der Waals surface area contributed by atoms with Gasteiger partial charge in [-0.2, -0.15) is 15.2 Å². The Hall–Kier alpha value is -4.09. The van der Waals surface area contributed by atoms with Crippen LogP contribution in [0.5, 0.6) is 0 Å². The van der Waals surface area contributed by atoms with Gasteiger partial charge in [-0.05, 0) is 24.3 Å². The van der Waals surface area contributed by atoms with Crippen molar-refractivity contribution in [2.45, 2.75) is 0 Å². The van der Waals surface area contributed by atoms with Crippen molar-refractivity contribution < 1.29 is 9.13 Å². The molecular formula is C23H21ClFN9O. The summed E-state index contributed by atoms with van der Waals surface area (Å²) < 4.78 is 19.4. The molecule has 1 fully saturated rings. The van der Waals surface area contributed by atoms with Gasteiger partial charge in [0.05, 0.1) is 54.4 Å². The Morgan fingerprint density at radius 1 is 1.09 bits per heavy atom. The molecule has 4 heterocycles. The molecule has 0 amide bonds. The first-order chi connectivity index (χ1) is 17.2. The molecule has 3 N–H and O–H groups in total. The lowest BCUT2D eigenvalue weighted by Gasteiger charge is -2.27. The minimum Gasteiger partial charge on any atom is -0.378 e. The van der Waals surface area contributed by atoms with Gasteiger partial charge >= 0.3 is 0 Å². The van der Waals surface area contributed by atoms with Gasteiger partial charge in [0.15, 0.2) is 11.6 Å². The zero-order valence-corrected chi connectivity index (χ0v) is 19.2. The second kappa shape index (κ2) is 10.5. The highest BCUT2D eigenvalue weighted by molar-refractivity contribution is 6.33. The third-order valence-corrected chi connectivity index (χ3v) is 5.56. The second-order valence-electron chi connectivity index (χ2n) is 7.61. The number of hydrogen-bond donors (Lipinski definition) is 3. The summed E-state index contributed by atoms with van der Waals surface area (Å²) in [4.78, 5) is 14.4. The van der Waals surface area contributed by atoms with Crippen LogP contribution in [0.2, 0.25) is 5.02 Å². The molecule has 0 unspecified atom stereocenters. The molecule has 0 radical (unpaired) electrons. The van der Waals surface area contributed by atoms with E-state index in [0.29, 0.717) is 37.0 Å². The Morgan fingerprint density at radius 2 is 1.94 bits per heavy atom. The predicted octanol–water partition coefficient (Wildman–Crippen LogP) is 4.08. The standard InChI is InChI=1S/C23H21ClFN9O/c24-20-9-16(3-4-19(20)15-10-28-29-11-15)31-18-2-1-17(26-12-18)13-30-33-23-27-14-21(25)22(32-23)34-5-7-35-8-6-34/h1-4,9-14,31H,5-8H2,(H,28,29)(H,27,32,33)/b30-13+. The number of benzene rings is 1. The molecule has 0 atom stereocenters. The summed E-state index contributed by atoms with van der Waals surface area (Å²) in [7, 11) is 0. The van der Waals surface area contributed by atoms with Crippen LogP contribution in [0.25, 0.3) is 11.1 Å². The number of aromatic nitrogens is 5. The molecule has 178 valence electrons. The van der Waals surface area contributed by atoms with Gasteiger partial charge in [0.1, 0.15) is 0 Å². The van der Waals surface area contributed by atoms with Crippen molar-refractivity contribution in [1.82, 2.24) is 25.1 Å². The molecule has 12 heteroatoms. The van der Waals surface area contributed by atoms with Gasteiger partial charge in [0.2, 0.25) is 5.95 Å². The smallest absolute Gasteiger partial charge is 0.245 e. The van der Waals surface area contributed by atoms with E-state index < -0.39 is 5.82 Å². The molecule has 1 aromatic carbocycles. The van der Waals surface area contributed by atoms with E-state index in [2.05, 4.69) is 41.0 Å². The molecule has 35 heavy (non-hydrogen) atoms. The van der Waals surface area contributed by atoms with E-state index in [1.54, 1.807) is 24.7 Å². The first kappa shape index (κ1) is 22.7. The number of halogens is 2. The lowest BCUT2D eigenvalue weighted by molar-refractivity contribution is 0.122. The molecule has 0 spiro atoms. The third kappa shape index (κ3) is 5.53. The number of hydrazone groups is 1. The van der Waals surface area contributed by atoms with Crippen molar-refractivity contribution in [1.29, 1.82) is 0 Å². The molecule has 4 aromatic rings. The van der Waals surface area contributed by atoms with E-state index in [9.17, 15) is 4.39 Å². The van der Waals surface area contributed by atoms with E-state index in [0.717, 1.165) is 28.7 Å². The van der Waals surface area contributed by atoms with Crippen LogP contribution >= 0.6 is 11.6 Å². The van der Waals surface area contributed by atoms with Gasteiger partial charge in [-0.25, -0.2) is 14.8 Å². The number of anilines is 4. The van der Waals surface area contributed by atoms with Gasteiger partial charge in [0, 0.05) is 36.1 Å². The Bertz CT molecular complexity index is 1310. The number of nitrogens with zero attached hydrogens (tertiary/aromatic N) is 6. The lowest BCUT2D eigenvalue weighted by Crippen LogP contribution is -2.37. The van der Waals surface area contributed by atoms with E-state index in [1.165, 1.54) is 6.21 Å². The predicted molar refractivity (Wildman–Crippen MR) is 133 cm³/mol. The van der Waals surface area contributed by atoms with Crippen LogP contribution in [0.15, 0.2) is 60.2 Å². The third-order valence-electron chi connectivity index (χ3n) is 5.25. The fourth-order valence-corrected chi connectivity index (χ4v) is 3.80. The highest BCUT2D eigenvalue weighted by Gasteiger charge is 2.17. The van der Waals surface area contributed by atoms with Gasteiger partial charge in [0.25, 0.3) is 0 Å². The average molecular weight is 494 g/mol. The van der Waals surface area contributed by atoms with Crippen molar-refractivity contribution in [3.8, 4) is 11.1 Å². The summed E-state index contributed by atoms with van der Waals surface area (Å²) in [6.07, 6.45) is 7.85. The number of ether oxygens (including phenoxy) is 1.